The summed E-state index contributed by atoms with van der Waals surface area (Å²) in [5.74, 6) is 3.24. The van der Waals surface area contributed by atoms with Crippen molar-refractivity contribution in [2.24, 2.45) is 23.7 Å². The van der Waals surface area contributed by atoms with Crippen LogP contribution in [0, 0.1) is 23.7 Å². The monoisotopic (exact) mass is 236 g/mol. The number of rotatable bonds is 5. The molecule has 1 aliphatic heterocycles. The second-order valence-electron chi connectivity index (χ2n) is 6.27. The van der Waals surface area contributed by atoms with E-state index in [1.165, 1.54) is 32.1 Å². The number of allylic oxidation sites excluding steroid dienone is 1. The minimum Gasteiger partial charge on any atom is -0.381 e. The Morgan fingerprint density at radius 2 is 2.18 bits per heavy atom. The van der Waals surface area contributed by atoms with Crippen LogP contribution in [0.3, 0.4) is 0 Å². The first-order valence-electron chi connectivity index (χ1n) is 7.49. The normalized spacial score (nSPS) is 31.8. The van der Waals surface area contributed by atoms with E-state index in [2.05, 4.69) is 26.8 Å². The van der Waals surface area contributed by atoms with E-state index < -0.39 is 0 Å². The number of ether oxygens (including phenoxy) is 1. The molecule has 0 saturated carbocycles. The van der Waals surface area contributed by atoms with Crippen LogP contribution in [-0.2, 0) is 4.74 Å². The zero-order valence-corrected chi connectivity index (χ0v) is 11.7. The molecule has 0 spiro atoms. The Morgan fingerprint density at radius 3 is 2.94 bits per heavy atom. The van der Waals surface area contributed by atoms with Crippen molar-refractivity contribution in [3.8, 4) is 0 Å². The molecule has 98 valence electrons. The van der Waals surface area contributed by atoms with E-state index in [0.717, 1.165) is 36.9 Å². The zero-order chi connectivity index (χ0) is 12.3. The molecule has 0 N–H and O–H groups in total. The van der Waals surface area contributed by atoms with Gasteiger partial charge in [0.15, 0.2) is 0 Å². The van der Waals surface area contributed by atoms with Crippen molar-refractivity contribution in [2.45, 2.75) is 52.9 Å². The summed E-state index contributed by atoms with van der Waals surface area (Å²) < 4.78 is 5.59. The Bertz CT molecular complexity index is 269. The standard InChI is InChI=1S/C16H28O/c1-4-5-12(2)8-13(3)14-6-7-15-10-17-11-16(15)9-14/h9,12-13,15-16H,4-8,10-11H2,1-3H3/t12?,13?,15-,16+/m0/s1. The quantitative estimate of drug-likeness (QED) is 0.642. The Balaban J connectivity index is 1.88. The molecule has 0 bridgehead atoms. The van der Waals surface area contributed by atoms with Crippen LogP contribution in [-0.4, -0.2) is 13.2 Å². The third kappa shape index (κ3) is 3.34. The van der Waals surface area contributed by atoms with E-state index in [1.807, 2.05) is 0 Å². The van der Waals surface area contributed by atoms with E-state index in [1.54, 1.807) is 5.57 Å². The third-order valence-corrected chi connectivity index (χ3v) is 4.65. The summed E-state index contributed by atoms with van der Waals surface area (Å²) in [5, 5.41) is 0. The van der Waals surface area contributed by atoms with Gasteiger partial charge in [-0.05, 0) is 37.0 Å². The maximum absolute atomic E-state index is 5.59. The van der Waals surface area contributed by atoms with Crippen LogP contribution in [0.1, 0.15) is 52.9 Å². The smallest absolute Gasteiger partial charge is 0.0532 e. The maximum atomic E-state index is 5.59. The summed E-state index contributed by atoms with van der Waals surface area (Å²) in [6, 6.07) is 0. The van der Waals surface area contributed by atoms with Gasteiger partial charge < -0.3 is 4.74 Å². The van der Waals surface area contributed by atoms with Crippen LogP contribution in [0.25, 0.3) is 0 Å². The van der Waals surface area contributed by atoms with Gasteiger partial charge in [-0.2, -0.15) is 0 Å². The predicted molar refractivity (Wildman–Crippen MR) is 73.0 cm³/mol. The van der Waals surface area contributed by atoms with Crippen LogP contribution in [0.4, 0.5) is 0 Å². The van der Waals surface area contributed by atoms with Gasteiger partial charge in [-0.1, -0.05) is 45.3 Å². The molecule has 0 radical (unpaired) electrons. The lowest BCUT2D eigenvalue weighted by Crippen LogP contribution is -2.18. The molecule has 0 aromatic heterocycles. The van der Waals surface area contributed by atoms with Gasteiger partial charge in [-0.15, -0.1) is 0 Å². The summed E-state index contributed by atoms with van der Waals surface area (Å²) >= 11 is 0. The molecule has 4 atom stereocenters. The fraction of sp³-hybridized carbons (Fsp3) is 0.875. The minimum absolute atomic E-state index is 0.739. The van der Waals surface area contributed by atoms with Crippen LogP contribution in [0.5, 0.6) is 0 Å². The van der Waals surface area contributed by atoms with Crippen LogP contribution in [0.2, 0.25) is 0 Å². The highest BCUT2D eigenvalue weighted by molar-refractivity contribution is 5.14. The SMILES string of the molecule is CCCC(C)CC(C)C1=C[C@@H]2COC[C@@H]2CC1. The van der Waals surface area contributed by atoms with E-state index in [-0.39, 0.29) is 0 Å². The van der Waals surface area contributed by atoms with Crippen LogP contribution < -0.4 is 0 Å². The van der Waals surface area contributed by atoms with Crippen LogP contribution >= 0.6 is 0 Å². The van der Waals surface area contributed by atoms with Crippen molar-refractivity contribution in [1.82, 2.24) is 0 Å². The van der Waals surface area contributed by atoms with Gasteiger partial charge in [0.05, 0.1) is 13.2 Å². The van der Waals surface area contributed by atoms with Crippen molar-refractivity contribution in [2.75, 3.05) is 13.2 Å². The first kappa shape index (κ1) is 13.1. The second-order valence-corrected chi connectivity index (χ2v) is 6.27. The zero-order valence-electron chi connectivity index (χ0n) is 11.7. The Labute approximate surface area is 107 Å². The molecule has 1 saturated heterocycles. The average molecular weight is 236 g/mol. The van der Waals surface area contributed by atoms with Gasteiger partial charge in [0, 0.05) is 5.92 Å². The highest BCUT2D eigenvalue weighted by atomic mass is 16.5. The Morgan fingerprint density at radius 1 is 1.35 bits per heavy atom. The highest BCUT2D eigenvalue weighted by Crippen LogP contribution is 2.37. The van der Waals surface area contributed by atoms with Crippen molar-refractivity contribution >= 4 is 0 Å². The molecule has 1 heteroatoms. The van der Waals surface area contributed by atoms with Crippen LogP contribution in [0.15, 0.2) is 11.6 Å². The largest absolute Gasteiger partial charge is 0.381 e. The van der Waals surface area contributed by atoms with Crippen molar-refractivity contribution in [3.63, 3.8) is 0 Å². The highest BCUT2D eigenvalue weighted by Gasteiger charge is 2.31. The van der Waals surface area contributed by atoms with Crippen molar-refractivity contribution in [3.05, 3.63) is 11.6 Å². The molecule has 2 rings (SSSR count). The molecule has 0 amide bonds. The molecule has 17 heavy (non-hydrogen) atoms. The van der Waals surface area contributed by atoms with E-state index in [9.17, 15) is 0 Å². The Kier molecular flexibility index (Phi) is 4.67. The minimum atomic E-state index is 0.739. The molecule has 1 fully saturated rings. The number of fused-ring (bicyclic) bond motifs is 1. The lowest BCUT2D eigenvalue weighted by atomic mass is 9.77. The fourth-order valence-corrected chi connectivity index (χ4v) is 3.58. The molecular formula is C16H28O. The lowest BCUT2D eigenvalue weighted by Gasteiger charge is -2.27. The summed E-state index contributed by atoms with van der Waals surface area (Å²) in [5.41, 5.74) is 1.72. The van der Waals surface area contributed by atoms with Crippen molar-refractivity contribution < 1.29 is 4.74 Å². The molecule has 0 aromatic rings. The molecule has 1 heterocycles. The maximum Gasteiger partial charge on any atom is 0.0532 e. The topological polar surface area (TPSA) is 9.23 Å². The summed E-state index contributed by atoms with van der Waals surface area (Å²) in [6.07, 6.45) is 9.33. The van der Waals surface area contributed by atoms with Crippen molar-refractivity contribution in [1.29, 1.82) is 0 Å². The molecule has 1 nitrogen and oxygen atoms in total. The van der Waals surface area contributed by atoms with Gasteiger partial charge in [-0.25, -0.2) is 0 Å². The van der Waals surface area contributed by atoms with Gasteiger partial charge in [0.25, 0.3) is 0 Å². The Hall–Kier alpha value is -0.300. The predicted octanol–water partition coefficient (Wildman–Crippen LogP) is 4.43. The van der Waals surface area contributed by atoms with E-state index >= 15 is 0 Å². The first-order chi connectivity index (χ1) is 8.20. The molecule has 2 aliphatic rings. The fourth-order valence-electron chi connectivity index (χ4n) is 3.58. The van der Waals surface area contributed by atoms with E-state index in [0.29, 0.717) is 0 Å². The van der Waals surface area contributed by atoms with E-state index in [4.69, 9.17) is 4.74 Å². The molecule has 1 aliphatic carbocycles. The lowest BCUT2D eigenvalue weighted by molar-refractivity contribution is 0.182. The first-order valence-corrected chi connectivity index (χ1v) is 7.49. The second kappa shape index (κ2) is 6.04. The number of hydrogen-bond acceptors (Lipinski definition) is 1. The average Bonchev–Trinajstić information content (AvgIpc) is 2.75. The molecule has 0 aromatic carbocycles. The van der Waals surface area contributed by atoms with Gasteiger partial charge in [-0.3, -0.25) is 0 Å². The summed E-state index contributed by atoms with van der Waals surface area (Å²) in [7, 11) is 0. The van der Waals surface area contributed by atoms with Gasteiger partial charge in [0.2, 0.25) is 0 Å². The molecule has 2 unspecified atom stereocenters. The summed E-state index contributed by atoms with van der Waals surface area (Å²) in [4.78, 5) is 0. The van der Waals surface area contributed by atoms with Gasteiger partial charge >= 0.3 is 0 Å². The number of hydrogen-bond donors (Lipinski definition) is 0. The van der Waals surface area contributed by atoms with Gasteiger partial charge in [0.1, 0.15) is 0 Å². The molecular weight excluding hydrogens is 208 g/mol. The summed E-state index contributed by atoms with van der Waals surface area (Å²) in [6.45, 7) is 9.11. The third-order valence-electron chi connectivity index (χ3n) is 4.65.